The van der Waals surface area contributed by atoms with E-state index in [4.69, 9.17) is 12.2 Å². The van der Waals surface area contributed by atoms with E-state index in [9.17, 15) is 0 Å². The number of aromatic nitrogens is 2. The minimum atomic E-state index is 0.529. The highest BCUT2D eigenvalue weighted by Gasteiger charge is 2.13. The highest BCUT2D eigenvalue weighted by atomic mass is 32.1. The van der Waals surface area contributed by atoms with E-state index in [-0.39, 0.29) is 0 Å². The number of nitrogens with one attached hydrogen (secondary N) is 2. The summed E-state index contributed by atoms with van der Waals surface area (Å²) in [6, 6.07) is 10.8. The van der Waals surface area contributed by atoms with Crippen molar-refractivity contribution in [2.24, 2.45) is 0 Å². The number of anilines is 1. The van der Waals surface area contributed by atoms with Gasteiger partial charge in [0.1, 0.15) is 0 Å². The van der Waals surface area contributed by atoms with Crippen molar-refractivity contribution in [3.8, 4) is 0 Å². The third-order valence-corrected chi connectivity index (χ3v) is 4.25. The van der Waals surface area contributed by atoms with E-state index in [0.717, 1.165) is 17.3 Å². The Bertz CT molecular complexity index is 603. The summed E-state index contributed by atoms with van der Waals surface area (Å²) in [6.07, 6.45) is 10.2. The summed E-state index contributed by atoms with van der Waals surface area (Å²) in [5.74, 6) is 0. The largest absolute Gasteiger partial charge is 0.360 e. The zero-order chi connectivity index (χ0) is 15.2. The molecule has 1 fully saturated rings. The van der Waals surface area contributed by atoms with Gasteiger partial charge in [0.05, 0.1) is 6.54 Å². The van der Waals surface area contributed by atoms with Crippen LogP contribution in [0.1, 0.15) is 37.7 Å². The molecule has 3 rings (SSSR count). The molecule has 1 aromatic heterocycles. The van der Waals surface area contributed by atoms with Crippen LogP contribution in [0.4, 0.5) is 5.69 Å². The lowest BCUT2D eigenvalue weighted by Crippen LogP contribution is -2.38. The Hall–Kier alpha value is -1.88. The van der Waals surface area contributed by atoms with Crippen LogP contribution < -0.4 is 10.6 Å². The Balaban J connectivity index is 1.56. The average molecular weight is 314 g/mol. The molecule has 116 valence electrons. The van der Waals surface area contributed by atoms with Gasteiger partial charge in [0.15, 0.2) is 5.11 Å². The zero-order valence-electron chi connectivity index (χ0n) is 12.7. The number of nitrogens with zero attached hydrogens (tertiary/aromatic N) is 2. The van der Waals surface area contributed by atoms with Gasteiger partial charge in [-0.2, -0.15) is 5.10 Å². The molecule has 2 N–H and O–H groups in total. The fourth-order valence-corrected chi connectivity index (χ4v) is 3.21. The van der Waals surface area contributed by atoms with Crippen molar-refractivity contribution < 1.29 is 0 Å². The molecule has 0 radical (unpaired) electrons. The Kier molecular flexibility index (Phi) is 5.06. The van der Waals surface area contributed by atoms with Crippen LogP contribution in [0.25, 0.3) is 0 Å². The lowest BCUT2D eigenvalue weighted by atomic mass is 9.96. The molecular weight excluding hydrogens is 292 g/mol. The van der Waals surface area contributed by atoms with Crippen LogP contribution in [0.3, 0.4) is 0 Å². The van der Waals surface area contributed by atoms with Crippen LogP contribution in [0, 0.1) is 0 Å². The lowest BCUT2D eigenvalue weighted by molar-refractivity contribution is 0.415. The Morgan fingerprint density at radius 2 is 2.09 bits per heavy atom. The van der Waals surface area contributed by atoms with Gasteiger partial charge in [0.2, 0.25) is 0 Å². The van der Waals surface area contributed by atoms with Crippen LogP contribution in [0.15, 0.2) is 42.7 Å². The van der Waals surface area contributed by atoms with Crippen molar-refractivity contribution in [1.29, 1.82) is 0 Å². The summed E-state index contributed by atoms with van der Waals surface area (Å²) in [5.41, 5.74) is 2.23. The van der Waals surface area contributed by atoms with Gasteiger partial charge in [0.25, 0.3) is 0 Å². The molecule has 0 unspecified atom stereocenters. The van der Waals surface area contributed by atoms with Crippen molar-refractivity contribution in [3.63, 3.8) is 0 Å². The molecule has 0 bridgehead atoms. The predicted molar refractivity (Wildman–Crippen MR) is 94.0 cm³/mol. The minimum Gasteiger partial charge on any atom is -0.360 e. The first-order valence-corrected chi connectivity index (χ1v) is 8.34. The normalized spacial score (nSPS) is 15.5. The average Bonchev–Trinajstić information content (AvgIpc) is 3.01. The van der Waals surface area contributed by atoms with Crippen LogP contribution in [-0.2, 0) is 6.54 Å². The quantitative estimate of drug-likeness (QED) is 0.847. The molecule has 2 aromatic rings. The summed E-state index contributed by atoms with van der Waals surface area (Å²) >= 11 is 5.44. The van der Waals surface area contributed by atoms with Crippen molar-refractivity contribution in [3.05, 3.63) is 48.3 Å². The Morgan fingerprint density at radius 1 is 1.23 bits per heavy atom. The van der Waals surface area contributed by atoms with Crippen molar-refractivity contribution >= 4 is 23.0 Å². The fourth-order valence-electron chi connectivity index (χ4n) is 2.93. The minimum absolute atomic E-state index is 0.529. The number of hydrogen-bond donors (Lipinski definition) is 2. The molecule has 4 nitrogen and oxygen atoms in total. The van der Waals surface area contributed by atoms with E-state index in [2.05, 4.69) is 27.9 Å². The second-order valence-electron chi connectivity index (χ2n) is 5.84. The summed E-state index contributed by atoms with van der Waals surface area (Å²) in [4.78, 5) is 0. The van der Waals surface area contributed by atoms with Gasteiger partial charge in [0, 0.05) is 24.1 Å². The molecule has 1 saturated carbocycles. The summed E-state index contributed by atoms with van der Waals surface area (Å²) in [7, 11) is 0. The Morgan fingerprint density at radius 3 is 2.86 bits per heavy atom. The van der Waals surface area contributed by atoms with E-state index < -0.39 is 0 Å². The van der Waals surface area contributed by atoms with E-state index in [1.165, 1.54) is 37.7 Å². The molecule has 0 amide bonds. The fraction of sp³-hybridized carbons (Fsp3) is 0.412. The molecule has 0 aliphatic heterocycles. The van der Waals surface area contributed by atoms with Gasteiger partial charge in [-0.05, 0) is 48.8 Å². The molecular formula is C17H22N4S. The third-order valence-electron chi connectivity index (χ3n) is 4.03. The summed E-state index contributed by atoms with van der Waals surface area (Å²) in [5, 5.41) is 11.7. The first-order chi connectivity index (χ1) is 10.8. The highest BCUT2D eigenvalue weighted by molar-refractivity contribution is 7.80. The maximum Gasteiger partial charge on any atom is 0.170 e. The van der Waals surface area contributed by atoms with Gasteiger partial charge in [-0.15, -0.1) is 0 Å². The molecule has 5 heteroatoms. The SMILES string of the molecule is S=C(Nc1cccc(Cn2cccn2)c1)NC1CCCCC1. The third kappa shape index (κ3) is 4.31. The number of benzene rings is 1. The predicted octanol–water partition coefficient (Wildman–Crippen LogP) is 3.55. The van der Waals surface area contributed by atoms with Gasteiger partial charge < -0.3 is 10.6 Å². The lowest BCUT2D eigenvalue weighted by Gasteiger charge is -2.24. The van der Waals surface area contributed by atoms with Crippen LogP contribution >= 0.6 is 12.2 Å². The number of hydrogen-bond acceptors (Lipinski definition) is 2. The van der Waals surface area contributed by atoms with Crippen LogP contribution in [0.5, 0.6) is 0 Å². The molecule has 22 heavy (non-hydrogen) atoms. The van der Waals surface area contributed by atoms with E-state index in [1.807, 2.05) is 29.1 Å². The van der Waals surface area contributed by atoms with Crippen molar-refractivity contribution in [2.45, 2.75) is 44.7 Å². The molecule has 0 saturated heterocycles. The first kappa shape index (κ1) is 15.0. The second kappa shape index (κ2) is 7.40. The summed E-state index contributed by atoms with van der Waals surface area (Å²) in [6.45, 7) is 0.769. The maximum absolute atomic E-state index is 5.44. The second-order valence-corrected chi connectivity index (χ2v) is 6.25. The van der Waals surface area contributed by atoms with E-state index in [0.29, 0.717) is 6.04 Å². The molecule has 0 atom stereocenters. The number of thiocarbonyl (C=S) groups is 1. The van der Waals surface area contributed by atoms with Gasteiger partial charge >= 0.3 is 0 Å². The molecule has 0 spiro atoms. The van der Waals surface area contributed by atoms with Crippen molar-refractivity contribution in [2.75, 3.05) is 5.32 Å². The number of rotatable bonds is 4. The van der Waals surface area contributed by atoms with Gasteiger partial charge in [-0.3, -0.25) is 4.68 Å². The van der Waals surface area contributed by atoms with Gasteiger partial charge in [-0.1, -0.05) is 31.4 Å². The van der Waals surface area contributed by atoms with Crippen molar-refractivity contribution in [1.82, 2.24) is 15.1 Å². The van der Waals surface area contributed by atoms with E-state index in [1.54, 1.807) is 6.20 Å². The monoisotopic (exact) mass is 314 g/mol. The summed E-state index contributed by atoms with van der Waals surface area (Å²) < 4.78 is 1.91. The molecule has 1 aromatic carbocycles. The smallest absolute Gasteiger partial charge is 0.170 e. The van der Waals surface area contributed by atoms with Crippen LogP contribution in [-0.4, -0.2) is 20.9 Å². The zero-order valence-corrected chi connectivity index (χ0v) is 13.5. The highest BCUT2D eigenvalue weighted by Crippen LogP contribution is 2.18. The topological polar surface area (TPSA) is 41.9 Å². The van der Waals surface area contributed by atoms with Gasteiger partial charge in [-0.25, -0.2) is 0 Å². The molecule has 1 heterocycles. The molecule has 1 aliphatic carbocycles. The molecule has 1 aliphatic rings. The van der Waals surface area contributed by atoms with E-state index >= 15 is 0 Å². The Labute approximate surface area is 136 Å². The first-order valence-electron chi connectivity index (χ1n) is 7.93. The van der Waals surface area contributed by atoms with Crippen LogP contribution in [0.2, 0.25) is 0 Å². The standard InChI is InChI=1S/C17H22N4S/c22-17(19-15-7-2-1-3-8-15)20-16-9-4-6-14(12-16)13-21-11-5-10-18-21/h4-6,9-12,15H,1-3,7-8,13H2,(H2,19,20,22). The maximum atomic E-state index is 5.44.